The first-order valence-corrected chi connectivity index (χ1v) is 6.51. The van der Waals surface area contributed by atoms with E-state index in [2.05, 4.69) is 0 Å². The van der Waals surface area contributed by atoms with Crippen molar-refractivity contribution >= 4 is 17.1 Å². The summed E-state index contributed by atoms with van der Waals surface area (Å²) in [5.74, 6) is 2.17. The second-order valence-corrected chi connectivity index (χ2v) is 4.54. The van der Waals surface area contributed by atoms with Crippen LogP contribution in [0.25, 0.3) is 0 Å². The van der Waals surface area contributed by atoms with Crippen molar-refractivity contribution in [2.24, 2.45) is 0 Å². The van der Waals surface area contributed by atoms with Gasteiger partial charge in [-0.05, 0) is 53.6 Å². The Morgan fingerprint density at radius 2 is 1.35 bits per heavy atom. The maximum absolute atomic E-state index is 5.52. The zero-order chi connectivity index (χ0) is 14.5. The van der Waals surface area contributed by atoms with Gasteiger partial charge in [0.15, 0.2) is 11.5 Å². The van der Waals surface area contributed by atoms with Gasteiger partial charge in [0, 0.05) is 0 Å². The van der Waals surface area contributed by atoms with Gasteiger partial charge in [-0.25, -0.2) is 0 Å². The molecule has 0 amide bonds. The Bertz CT molecular complexity index is 606. The number of hydrogen-bond donors (Lipinski definition) is 0. The van der Waals surface area contributed by atoms with Gasteiger partial charge >= 0.3 is 0 Å². The summed E-state index contributed by atoms with van der Waals surface area (Å²) in [6, 6.07) is 13.3. The van der Waals surface area contributed by atoms with Crippen LogP contribution >= 0.6 is 12.2 Å². The standard InChI is InChI=1S/C16H16O3S/c1-17-13-7-4-11(5-8-13)16(20)12-6-9-14(18-2)15(10-12)19-3/h4-10H,1-3H3. The number of benzene rings is 2. The maximum atomic E-state index is 5.52. The van der Waals surface area contributed by atoms with Gasteiger partial charge in [0.25, 0.3) is 0 Å². The van der Waals surface area contributed by atoms with Crippen LogP contribution in [0, 0.1) is 0 Å². The van der Waals surface area contributed by atoms with Gasteiger partial charge in [0.2, 0.25) is 0 Å². The van der Waals surface area contributed by atoms with E-state index >= 15 is 0 Å². The Labute approximate surface area is 124 Å². The fourth-order valence-corrected chi connectivity index (χ4v) is 2.15. The molecule has 2 aromatic rings. The lowest BCUT2D eigenvalue weighted by atomic mass is 10.0. The Morgan fingerprint density at radius 3 is 1.90 bits per heavy atom. The second-order valence-electron chi connectivity index (χ2n) is 4.13. The van der Waals surface area contributed by atoms with E-state index in [9.17, 15) is 0 Å². The van der Waals surface area contributed by atoms with Crippen LogP contribution in [0.1, 0.15) is 11.1 Å². The van der Waals surface area contributed by atoms with Crippen LogP contribution < -0.4 is 14.2 Å². The smallest absolute Gasteiger partial charge is 0.161 e. The van der Waals surface area contributed by atoms with Crippen LogP contribution in [0.2, 0.25) is 0 Å². The van der Waals surface area contributed by atoms with Crippen molar-refractivity contribution in [1.82, 2.24) is 0 Å². The normalized spacial score (nSPS) is 9.95. The average molecular weight is 288 g/mol. The summed E-state index contributed by atoms with van der Waals surface area (Å²) < 4.78 is 15.7. The van der Waals surface area contributed by atoms with Crippen LogP contribution in [-0.2, 0) is 0 Å². The third-order valence-corrected chi connectivity index (χ3v) is 3.47. The van der Waals surface area contributed by atoms with Gasteiger partial charge in [0.05, 0.1) is 26.2 Å². The van der Waals surface area contributed by atoms with Crippen molar-refractivity contribution in [3.05, 3.63) is 53.6 Å². The van der Waals surface area contributed by atoms with E-state index in [1.165, 1.54) is 0 Å². The lowest BCUT2D eigenvalue weighted by molar-refractivity contribution is 0.355. The third-order valence-electron chi connectivity index (χ3n) is 3.00. The van der Waals surface area contributed by atoms with E-state index in [-0.39, 0.29) is 0 Å². The van der Waals surface area contributed by atoms with E-state index in [1.807, 2.05) is 42.5 Å². The minimum absolute atomic E-state index is 0.667. The molecule has 2 rings (SSSR count). The SMILES string of the molecule is COc1ccc(C(=S)c2ccc(OC)c(OC)c2)cc1. The van der Waals surface area contributed by atoms with Crippen LogP contribution in [0.4, 0.5) is 0 Å². The lowest BCUT2D eigenvalue weighted by Gasteiger charge is -2.10. The van der Waals surface area contributed by atoms with Gasteiger partial charge in [0.1, 0.15) is 5.75 Å². The zero-order valence-corrected chi connectivity index (χ0v) is 12.5. The summed E-state index contributed by atoms with van der Waals surface area (Å²) in [6.45, 7) is 0. The molecule has 0 aliphatic rings. The highest BCUT2D eigenvalue weighted by Crippen LogP contribution is 2.29. The zero-order valence-electron chi connectivity index (χ0n) is 11.7. The van der Waals surface area contributed by atoms with E-state index in [0.717, 1.165) is 21.7 Å². The molecule has 20 heavy (non-hydrogen) atoms. The Kier molecular flexibility index (Phi) is 4.58. The molecule has 0 unspecified atom stereocenters. The van der Waals surface area contributed by atoms with Gasteiger partial charge < -0.3 is 14.2 Å². The minimum atomic E-state index is 0.667. The van der Waals surface area contributed by atoms with Crippen molar-refractivity contribution in [2.45, 2.75) is 0 Å². The second kappa shape index (κ2) is 6.39. The first-order chi connectivity index (χ1) is 9.69. The summed E-state index contributed by atoms with van der Waals surface area (Å²) in [4.78, 5) is 0.758. The number of rotatable bonds is 5. The number of ether oxygens (including phenoxy) is 3. The molecule has 104 valence electrons. The predicted molar refractivity (Wildman–Crippen MR) is 83.3 cm³/mol. The summed E-state index contributed by atoms with van der Waals surface area (Å²) >= 11 is 5.52. The molecule has 0 radical (unpaired) electrons. The summed E-state index contributed by atoms with van der Waals surface area (Å²) in [6.07, 6.45) is 0. The highest BCUT2D eigenvalue weighted by molar-refractivity contribution is 7.81. The summed E-state index contributed by atoms with van der Waals surface area (Å²) in [7, 11) is 4.86. The van der Waals surface area contributed by atoms with Gasteiger partial charge in [-0.1, -0.05) is 12.2 Å². The van der Waals surface area contributed by atoms with Crippen LogP contribution in [0.3, 0.4) is 0 Å². The molecule has 2 aromatic carbocycles. The molecule has 0 heterocycles. The van der Waals surface area contributed by atoms with Gasteiger partial charge in [-0.2, -0.15) is 0 Å². The number of hydrogen-bond acceptors (Lipinski definition) is 4. The molecule has 0 N–H and O–H groups in total. The fraction of sp³-hybridized carbons (Fsp3) is 0.188. The number of thiocarbonyl (C=S) groups is 1. The molecule has 3 nitrogen and oxygen atoms in total. The lowest BCUT2D eigenvalue weighted by Crippen LogP contribution is -2.01. The topological polar surface area (TPSA) is 27.7 Å². The minimum Gasteiger partial charge on any atom is -0.497 e. The van der Waals surface area contributed by atoms with Crippen molar-refractivity contribution in [3.63, 3.8) is 0 Å². The maximum Gasteiger partial charge on any atom is 0.161 e. The third kappa shape index (κ3) is 2.91. The average Bonchev–Trinajstić information content (AvgIpc) is 2.53. The molecule has 0 saturated carbocycles. The van der Waals surface area contributed by atoms with E-state index in [4.69, 9.17) is 26.4 Å². The largest absolute Gasteiger partial charge is 0.497 e. The van der Waals surface area contributed by atoms with Gasteiger partial charge in [-0.15, -0.1) is 0 Å². The monoisotopic (exact) mass is 288 g/mol. The van der Waals surface area contributed by atoms with Crippen molar-refractivity contribution in [3.8, 4) is 17.2 Å². The molecule has 0 aromatic heterocycles. The van der Waals surface area contributed by atoms with Crippen LogP contribution in [0.15, 0.2) is 42.5 Å². The predicted octanol–water partition coefficient (Wildman–Crippen LogP) is 3.48. The first-order valence-electron chi connectivity index (χ1n) is 6.10. The van der Waals surface area contributed by atoms with E-state index < -0.39 is 0 Å². The molecule has 0 bridgehead atoms. The highest BCUT2D eigenvalue weighted by Gasteiger charge is 2.09. The first kappa shape index (κ1) is 14.3. The molecule has 0 spiro atoms. The molecular weight excluding hydrogens is 272 g/mol. The Morgan fingerprint density at radius 1 is 0.750 bits per heavy atom. The van der Waals surface area contributed by atoms with E-state index in [1.54, 1.807) is 21.3 Å². The Balaban J connectivity index is 2.32. The molecule has 0 fully saturated rings. The molecule has 0 aliphatic carbocycles. The van der Waals surface area contributed by atoms with Crippen molar-refractivity contribution < 1.29 is 14.2 Å². The molecule has 0 atom stereocenters. The summed E-state index contributed by atoms with van der Waals surface area (Å²) in [5, 5.41) is 0. The van der Waals surface area contributed by atoms with Crippen molar-refractivity contribution in [2.75, 3.05) is 21.3 Å². The number of methoxy groups -OCH3 is 3. The fourth-order valence-electron chi connectivity index (χ4n) is 1.89. The molecule has 0 saturated heterocycles. The summed E-state index contributed by atoms with van der Waals surface area (Å²) in [5.41, 5.74) is 1.89. The van der Waals surface area contributed by atoms with Crippen molar-refractivity contribution in [1.29, 1.82) is 0 Å². The highest BCUT2D eigenvalue weighted by atomic mass is 32.1. The Hall–Kier alpha value is -2.07. The molecular formula is C16H16O3S. The van der Waals surface area contributed by atoms with Gasteiger partial charge in [-0.3, -0.25) is 0 Å². The molecule has 4 heteroatoms. The van der Waals surface area contributed by atoms with Crippen LogP contribution in [0.5, 0.6) is 17.2 Å². The quantitative estimate of drug-likeness (QED) is 0.622. The van der Waals surface area contributed by atoms with E-state index in [0.29, 0.717) is 11.5 Å². The molecule has 0 aliphatic heterocycles. The van der Waals surface area contributed by atoms with Crippen LogP contribution in [-0.4, -0.2) is 26.2 Å².